The van der Waals surface area contributed by atoms with E-state index in [9.17, 15) is 29.7 Å². The Morgan fingerprint density at radius 3 is 2.31 bits per heavy atom. The number of carbonyl (C=O) groups is 3. The molecule has 1 unspecified atom stereocenters. The van der Waals surface area contributed by atoms with Gasteiger partial charge in [-0.15, -0.1) is 0 Å². The summed E-state index contributed by atoms with van der Waals surface area (Å²) in [5.74, 6) is -3.12. The van der Waals surface area contributed by atoms with Gasteiger partial charge < -0.3 is 25.8 Å². The number of rotatable bonds is 5. The maximum Gasteiger partial charge on any atom is 0.226 e. The van der Waals surface area contributed by atoms with Crippen LogP contribution in [0.3, 0.4) is 0 Å². The first-order chi connectivity index (χ1) is 13.4. The second-order valence-corrected chi connectivity index (χ2v) is 7.15. The van der Waals surface area contributed by atoms with E-state index in [1.54, 1.807) is 0 Å². The highest BCUT2D eigenvalue weighted by Crippen LogP contribution is 2.48. The molecule has 0 saturated carbocycles. The zero-order chi connectivity index (χ0) is 21.9. The third-order valence-corrected chi connectivity index (χ3v) is 5.25. The summed E-state index contributed by atoms with van der Waals surface area (Å²) in [7, 11) is 0. The van der Waals surface area contributed by atoms with Gasteiger partial charge in [-0.1, -0.05) is 0 Å². The second kappa shape index (κ2) is 6.78. The summed E-state index contributed by atoms with van der Waals surface area (Å²) in [4.78, 5) is 48.2. The van der Waals surface area contributed by atoms with E-state index in [-0.39, 0.29) is 22.3 Å². The molecule has 5 atom stereocenters. The molecule has 2 aromatic rings. The van der Waals surface area contributed by atoms with Crippen molar-refractivity contribution >= 4 is 45.9 Å². The molecule has 3 heterocycles. The Balaban J connectivity index is 2.30. The van der Waals surface area contributed by atoms with Crippen molar-refractivity contribution in [2.45, 2.75) is 50.4 Å². The molecular formula is C16H18ClN5O7. The number of fused-ring (bicyclic) bond motifs is 1. The van der Waals surface area contributed by atoms with Crippen LogP contribution < -0.4 is 5.73 Å². The molecule has 0 aromatic carbocycles. The van der Waals surface area contributed by atoms with Gasteiger partial charge in [0.15, 0.2) is 40.6 Å². The molecule has 5 N–H and O–H groups in total. The fourth-order valence-electron chi connectivity index (χ4n) is 3.52. The highest BCUT2D eigenvalue weighted by Gasteiger charge is 2.73. The zero-order valence-corrected chi connectivity index (χ0v) is 16.3. The Kier molecular flexibility index (Phi) is 4.96. The topological polar surface area (TPSA) is 191 Å². The van der Waals surface area contributed by atoms with Crippen molar-refractivity contribution in [3.8, 4) is 0 Å². The lowest BCUT2D eigenvalue weighted by Crippen LogP contribution is -2.67. The van der Waals surface area contributed by atoms with Crippen LogP contribution in [0, 0.1) is 0 Å². The van der Waals surface area contributed by atoms with Crippen LogP contribution in [0.4, 0.5) is 5.82 Å². The number of aromatic nitrogens is 4. The number of aliphatic hydroxyl groups excluding tert-OH is 1. The van der Waals surface area contributed by atoms with Gasteiger partial charge in [-0.3, -0.25) is 19.0 Å². The summed E-state index contributed by atoms with van der Waals surface area (Å²) in [6.45, 7) is 2.81. The van der Waals surface area contributed by atoms with Gasteiger partial charge in [-0.25, -0.2) is 4.98 Å². The van der Waals surface area contributed by atoms with Crippen molar-refractivity contribution in [3.63, 3.8) is 0 Å². The van der Waals surface area contributed by atoms with Crippen molar-refractivity contribution in [1.82, 2.24) is 19.5 Å². The lowest BCUT2D eigenvalue weighted by molar-refractivity contribution is -0.184. The Hall–Kier alpha value is -2.51. The van der Waals surface area contributed by atoms with E-state index in [0.717, 1.165) is 31.7 Å². The molecular weight excluding hydrogens is 410 g/mol. The normalized spacial score (nSPS) is 30.4. The lowest BCUT2D eigenvalue weighted by atomic mass is 9.73. The molecule has 0 amide bonds. The first-order valence-electron chi connectivity index (χ1n) is 8.33. The predicted molar refractivity (Wildman–Crippen MR) is 96.6 cm³/mol. The van der Waals surface area contributed by atoms with Gasteiger partial charge >= 0.3 is 0 Å². The molecule has 1 saturated heterocycles. The molecule has 0 spiro atoms. The Bertz CT molecular complexity index is 1040. The van der Waals surface area contributed by atoms with Crippen molar-refractivity contribution < 1.29 is 34.4 Å². The minimum atomic E-state index is -2.95. The number of ether oxygens (including phenoxy) is 1. The average Bonchev–Trinajstić information content (AvgIpc) is 3.13. The second-order valence-electron chi connectivity index (χ2n) is 6.81. The quantitative estimate of drug-likeness (QED) is 0.408. The number of nitrogens with zero attached hydrogens (tertiary/aromatic N) is 4. The molecule has 1 fully saturated rings. The maximum atomic E-state index is 12.5. The van der Waals surface area contributed by atoms with Gasteiger partial charge in [0.25, 0.3) is 0 Å². The Morgan fingerprint density at radius 1 is 1.21 bits per heavy atom. The van der Waals surface area contributed by atoms with Crippen molar-refractivity contribution in [2.75, 3.05) is 5.73 Å². The molecule has 3 rings (SSSR count). The van der Waals surface area contributed by atoms with Crippen molar-refractivity contribution in [2.24, 2.45) is 0 Å². The number of imidazole rings is 1. The largest absolute Gasteiger partial charge is 0.382 e. The molecule has 0 radical (unpaired) electrons. The van der Waals surface area contributed by atoms with Crippen molar-refractivity contribution in [1.29, 1.82) is 0 Å². The highest BCUT2D eigenvalue weighted by atomic mass is 35.5. The van der Waals surface area contributed by atoms with E-state index < -0.39 is 47.0 Å². The van der Waals surface area contributed by atoms with E-state index >= 15 is 0 Å². The number of nitrogen functional groups attached to an aromatic ring is 1. The summed E-state index contributed by atoms with van der Waals surface area (Å²) < 4.78 is 6.55. The fourth-order valence-corrected chi connectivity index (χ4v) is 3.69. The van der Waals surface area contributed by atoms with Crippen LogP contribution in [0.25, 0.3) is 11.2 Å². The fraction of sp³-hybridized carbons (Fsp3) is 0.500. The number of aliphatic hydroxyl groups is 3. The number of halogens is 1. The van der Waals surface area contributed by atoms with Gasteiger partial charge in [-0.2, -0.15) is 9.97 Å². The number of nitrogens with two attached hydrogens (primary N) is 1. The van der Waals surface area contributed by atoms with E-state index in [0.29, 0.717) is 0 Å². The molecule has 12 nitrogen and oxygen atoms in total. The summed E-state index contributed by atoms with van der Waals surface area (Å²) in [6, 6.07) is 0. The minimum Gasteiger partial charge on any atom is -0.382 e. The monoisotopic (exact) mass is 427 g/mol. The number of anilines is 1. The van der Waals surface area contributed by atoms with E-state index in [1.165, 1.54) is 0 Å². The number of Topliss-reactive ketones (excluding diaryl/α,β-unsaturated/α-hetero) is 3. The minimum absolute atomic E-state index is 0.0471. The smallest absolute Gasteiger partial charge is 0.226 e. The van der Waals surface area contributed by atoms with Crippen LogP contribution in [0.15, 0.2) is 6.33 Å². The van der Waals surface area contributed by atoms with Gasteiger partial charge in [0.1, 0.15) is 17.7 Å². The number of hydrogen-bond donors (Lipinski definition) is 4. The number of hydrogen-bond acceptors (Lipinski definition) is 11. The molecule has 1 aliphatic rings. The molecule has 1 aliphatic heterocycles. The lowest BCUT2D eigenvalue weighted by Gasteiger charge is -2.37. The zero-order valence-electron chi connectivity index (χ0n) is 15.5. The Morgan fingerprint density at radius 2 is 1.79 bits per heavy atom. The molecule has 29 heavy (non-hydrogen) atoms. The maximum absolute atomic E-state index is 12.5. The van der Waals surface area contributed by atoms with Crippen LogP contribution >= 0.6 is 11.6 Å². The first-order valence-corrected chi connectivity index (χ1v) is 8.71. The molecule has 0 bridgehead atoms. The highest BCUT2D eigenvalue weighted by molar-refractivity contribution is 6.28. The SMILES string of the molecule is CC(=O)C(O)[C@H]1O[C@@H](n2cnc3c(N)nc(Cl)nc32)[C@@](O)(C(C)=O)[C@@]1(O)C(C)=O. The third-order valence-electron chi connectivity index (χ3n) is 5.08. The number of ketones is 3. The van der Waals surface area contributed by atoms with Gasteiger partial charge in [-0.05, 0) is 32.4 Å². The molecule has 0 aliphatic carbocycles. The van der Waals surface area contributed by atoms with E-state index in [1.807, 2.05) is 0 Å². The van der Waals surface area contributed by atoms with Crippen LogP contribution in [-0.4, -0.2) is 75.6 Å². The van der Waals surface area contributed by atoms with Gasteiger partial charge in [0, 0.05) is 0 Å². The predicted octanol–water partition coefficient (Wildman–Crippen LogP) is -1.45. The van der Waals surface area contributed by atoms with Gasteiger partial charge in [0.2, 0.25) is 10.9 Å². The average molecular weight is 428 g/mol. The molecule has 156 valence electrons. The summed E-state index contributed by atoms with van der Waals surface area (Å²) in [6.07, 6.45) is -4.70. The first kappa shape index (κ1) is 21.2. The van der Waals surface area contributed by atoms with Crippen LogP contribution in [0.1, 0.15) is 27.0 Å². The van der Waals surface area contributed by atoms with Crippen LogP contribution in [0.5, 0.6) is 0 Å². The van der Waals surface area contributed by atoms with E-state index in [4.69, 9.17) is 22.1 Å². The van der Waals surface area contributed by atoms with Crippen molar-refractivity contribution in [3.05, 3.63) is 11.6 Å². The Labute approximate surface area is 168 Å². The molecule has 2 aromatic heterocycles. The van der Waals surface area contributed by atoms with Crippen LogP contribution in [-0.2, 0) is 19.1 Å². The van der Waals surface area contributed by atoms with E-state index in [2.05, 4.69) is 15.0 Å². The summed E-state index contributed by atoms with van der Waals surface area (Å²) in [5, 5.41) is 32.3. The summed E-state index contributed by atoms with van der Waals surface area (Å²) >= 11 is 5.82. The van der Waals surface area contributed by atoms with Crippen LogP contribution in [0.2, 0.25) is 5.28 Å². The standard InChI is InChI=1S/C16H18ClN5O7/c1-5(23)9(26)10-15(27,6(2)24)16(28,7(3)25)13(29-10)22-4-19-8-11(18)20-14(17)21-12(8)22/h4,9-10,13,26-28H,1-3H3,(H2,18,20,21)/t9?,10-,13-,15-,16+/m1/s1. The molecule has 13 heteroatoms. The summed E-state index contributed by atoms with van der Waals surface area (Å²) in [5.41, 5.74) is -0.136. The number of carbonyl (C=O) groups excluding carboxylic acids is 3. The van der Waals surface area contributed by atoms with Gasteiger partial charge in [0.05, 0.1) is 6.33 Å². The third kappa shape index (κ3) is 2.75.